The van der Waals surface area contributed by atoms with E-state index >= 15 is 0 Å². The third-order valence-electron chi connectivity index (χ3n) is 3.31. The number of carbonyl (C=O) groups is 1. The van der Waals surface area contributed by atoms with Gasteiger partial charge in [0, 0.05) is 17.8 Å². The van der Waals surface area contributed by atoms with E-state index in [-0.39, 0.29) is 5.91 Å². The van der Waals surface area contributed by atoms with Crippen molar-refractivity contribution in [3.8, 4) is 0 Å². The van der Waals surface area contributed by atoms with E-state index in [9.17, 15) is 4.79 Å². The van der Waals surface area contributed by atoms with E-state index in [4.69, 9.17) is 11.6 Å². The Morgan fingerprint density at radius 3 is 2.81 bits per heavy atom. The molecule has 0 spiro atoms. The zero-order valence-electron chi connectivity index (χ0n) is 11.8. The molecule has 3 aromatic rings. The van der Waals surface area contributed by atoms with E-state index in [0.29, 0.717) is 21.4 Å². The fourth-order valence-corrected chi connectivity index (χ4v) is 3.35. The van der Waals surface area contributed by atoms with Gasteiger partial charge in [-0.05, 0) is 32.0 Å². The molecule has 0 unspecified atom stereocenters. The van der Waals surface area contributed by atoms with Gasteiger partial charge in [-0.15, -0.1) is 0 Å². The van der Waals surface area contributed by atoms with Crippen LogP contribution in [-0.4, -0.2) is 20.7 Å². The van der Waals surface area contributed by atoms with Gasteiger partial charge in [0.2, 0.25) is 0 Å². The number of halogens is 1. The van der Waals surface area contributed by atoms with Crippen molar-refractivity contribution in [3.63, 3.8) is 0 Å². The van der Waals surface area contributed by atoms with Crippen LogP contribution in [0.15, 0.2) is 18.2 Å². The van der Waals surface area contributed by atoms with Gasteiger partial charge >= 0.3 is 0 Å². The van der Waals surface area contributed by atoms with Crippen LogP contribution in [0.1, 0.15) is 21.7 Å². The lowest BCUT2D eigenvalue weighted by atomic mass is 10.2. The molecule has 2 aromatic heterocycles. The van der Waals surface area contributed by atoms with Crippen LogP contribution in [0.3, 0.4) is 0 Å². The second kappa shape index (κ2) is 5.13. The van der Waals surface area contributed by atoms with Crippen molar-refractivity contribution < 1.29 is 4.79 Å². The molecule has 3 rings (SSSR count). The molecule has 0 bridgehead atoms. The summed E-state index contributed by atoms with van der Waals surface area (Å²) in [6.45, 7) is 3.69. The molecule has 0 fully saturated rings. The first-order valence-corrected chi connectivity index (χ1v) is 7.53. The molecular formula is C14H13ClN4OS. The number of rotatable bonds is 2. The molecule has 1 aromatic carbocycles. The molecule has 0 aliphatic carbocycles. The Bertz CT molecular complexity index is 852. The Balaban J connectivity index is 1.92. The normalized spacial score (nSPS) is 11.0. The summed E-state index contributed by atoms with van der Waals surface area (Å²) in [4.78, 5) is 16.8. The smallest absolute Gasteiger partial charge is 0.261 e. The van der Waals surface area contributed by atoms with E-state index in [2.05, 4.69) is 15.4 Å². The lowest BCUT2D eigenvalue weighted by Gasteiger charge is -2.01. The van der Waals surface area contributed by atoms with Crippen LogP contribution in [-0.2, 0) is 7.05 Å². The quantitative estimate of drug-likeness (QED) is 0.785. The Morgan fingerprint density at radius 2 is 2.14 bits per heavy atom. The fourth-order valence-electron chi connectivity index (χ4n) is 2.21. The van der Waals surface area contributed by atoms with Crippen molar-refractivity contribution in [2.75, 3.05) is 5.32 Å². The zero-order chi connectivity index (χ0) is 15.1. The maximum absolute atomic E-state index is 12.4. The number of anilines is 1. The number of thiazole rings is 1. The van der Waals surface area contributed by atoms with E-state index in [1.165, 1.54) is 11.3 Å². The number of fused-ring (bicyclic) bond motifs is 1. The predicted octanol–water partition coefficient (Wildman–Crippen LogP) is 3.55. The fraction of sp³-hybridized carbons (Fsp3) is 0.214. The van der Waals surface area contributed by atoms with Crippen LogP contribution in [0, 0.1) is 13.8 Å². The SMILES string of the molecule is Cc1nn(C)c(C)c1C(=O)Nc1nc2ccc(Cl)cc2s1. The molecule has 0 aliphatic rings. The molecular weight excluding hydrogens is 308 g/mol. The minimum atomic E-state index is -0.191. The van der Waals surface area contributed by atoms with Crippen LogP contribution in [0.5, 0.6) is 0 Å². The average molecular weight is 321 g/mol. The largest absolute Gasteiger partial charge is 0.298 e. The minimum Gasteiger partial charge on any atom is -0.298 e. The first kappa shape index (κ1) is 14.0. The highest BCUT2D eigenvalue weighted by atomic mass is 35.5. The van der Waals surface area contributed by atoms with E-state index in [0.717, 1.165) is 15.9 Å². The molecule has 7 heteroatoms. The van der Waals surface area contributed by atoms with Gasteiger partial charge in [0.15, 0.2) is 5.13 Å². The molecule has 5 nitrogen and oxygen atoms in total. The highest BCUT2D eigenvalue weighted by Crippen LogP contribution is 2.28. The third kappa shape index (κ3) is 2.52. The Morgan fingerprint density at radius 1 is 1.38 bits per heavy atom. The Kier molecular flexibility index (Phi) is 3.43. The van der Waals surface area contributed by atoms with Gasteiger partial charge in [-0.2, -0.15) is 5.10 Å². The number of aromatic nitrogens is 3. The molecule has 1 N–H and O–H groups in total. The lowest BCUT2D eigenvalue weighted by molar-refractivity contribution is 0.102. The maximum Gasteiger partial charge on any atom is 0.261 e. The van der Waals surface area contributed by atoms with Crippen LogP contribution in [0.4, 0.5) is 5.13 Å². The van der Waals surface area contributed by atoms with Crippen molar-refractivity contribution in [2.45, 2.75) is 13.8 Å². The molecule has 2 heterocycles. The van der Waals surface area contributed by atoms with Crippen molar-refractivity contribution in [3.05, 3.63) is 40.2 Å². The van der Waals surface area contributed by atoms with Gasteiger partial charge in [0.25, 0.3) is 5.91 Å². The Hall–Kier alpha value is -1.92. The predicted molar refractivity (Wildman–Crippen MR) is 85.3 cm³/mol. The summed E-state index contributed by atoms with van der Waals surface area (Å²) in [6.07, 6.45) is 0. The lowest BCUT2D eigenvalue weighted by Crippen LogP contribution is -2.13. The van der Waals surface area contributed by atoms with Gasteiger partial charge in [0.05, 0.1) is 21.5 Å². The molecule has 0 radical (unpaired) electrons. The van der Waals surface area contributed by atoms with Crippen molar-refractivity contribution >= 4 is 44.2 Å². The van der Waals surface area contributed by atoms with Crippen LogP contribution in [0.2, 0.25) is 5.02 Å². The van der Waals surface area contributed by atoms with Gasteiger partial charge < -0.3 is 0 Å². The first-order chi connectivity index (χ1) is 9.95. The second-order valence-electron chi connectivity index (χ2n) is 4.75. The van der Waals surface area contributed by atoms with E-state index in [1.54, 1.807) is 10.7 Å². The highest BCUT2D eigenvalue weighted by Gasteiger charge is 2.18. The molecule has 108 valence electrons. The number of hydrogen-bond acceptors (Lipinski definition) is 4. The number of nitrogens with zero attached hydrogens (tertiary/aromatic N) is 3. The summed E-state index contributed by atoms with van der Waals surface area (Å²) < 4.78 is 2.64. The van der Waals surface area contributed by atoms with Crippen molar-refractivity contribution in [1.29, 1.82) is 0 Å². The Labute approximate surface area is 130 Å². The zero-order valence-corrected chi connectivity index (χ0v) is 13.3. The number of benzene rings is 1. The van der Waals surface area contributed by atoms with Crippen molar-refractivity contribution in [2.24, 2.45) is 7.05 Å². The summed E-state index contributed by atoms with van der Waals surface area (Å²) in [5, 5.41) is 8.29. The number of amides is 1. The van der Waals surface area contributed by atoms with E-state index in [1.807, 2.05) is 33.0 Å². The number of aryl methyl sites for hydroxylation is 2. The summed E-state index contributed by atoms with van der Waals surface area (Å²) in [5.74, 6) is -0.191. The van der Waals surface area contributed by atoms with Gasteiger partial charge in [-0.3, -0.25) is 14.8 Å². The molecule has 0 saturated carbocycles. The maximum atomic E-state index is 12.4. The van der Waals surface area contributed by atoms with Crippen molar-refractivity contribution in [1.82, 2.24) is 14.8 Å². The molecule has 0 atom stereocenters. The van der Waals surface area contributed by atoms with Gasteiger partial charge in [0.1, 0.15) is 0 Å². The first-order valence-electron chi connectivity index (χ1n) is 6.33. The van der Waals surface area contributed by atoms with Crippen LogP contribution < -0.4 is 5.32 Å². The van der Waals surface area contributed by atoms with E-state index < -0.39 is 0 Å². The molecule has 1 amide bonds. The summed E-state index contributed by atoms with van der Waals surface area (Å²) in [6, 6.07) is 5.46. The molecule has 21 heavy (non-hydrogen) atoms. The molecule has 0 saturated heterocycles. The van der Waals surface area contributed by atoms with Gasteiger partial charge in [-0.1, -0.05) is 22.9 Å². The number of nitrogens with one attached hydrogen (secondary N) is 1. The summed E-state index contributed by atoms with van der Waals surface area (Å²) in [7, 11) is 1.82. The summed E-state index contributed by atoms with van der Waals surface area (Å²) >= 11 is 7.35. The highest BCUT2D eigenvalue weighted by molar-refractivity contribution is 7.22. The third-order valence-corrected chi connectivity index (χ3v) is 4.48. The molecule has 0 aliphatic heterocycles. The minimum absolute atomic E-state index is 0.191. The summed E-state index contributed by atoms with van der Waals surface area (Å²) in [5.41, 5.74) is 2.94. The number of carbonyl (C=O) groups excluding carboxylic acids is 1. The standard InChI is InChI=1S/C14H13ClN4OS/c1-7-12(8(2)19(3)18-7)13(20)17-14-16-10-5-4-9(15)6-11(10)21-14/h4-6H,1-3H3,(H,16,17,20). The number of hydrogen-bond donors (Lipinski definition) is 1. The van der Waals surface area contributed by atoms with Crippen LogP contribution in [0.25, 0.3) is 10.2 Å². The van der Waals surface area contributed by atoms with Crippen LogP contribution >= 0.6 is 22.9 Å². The monoisotopic (exact) mass is 320 g/mol. The second-order valence-corrected chi connectivity index (χ2v) is 6.22. The average Bonchev–Trinajstić information content (AvgIpc) is 2.90. The van der Waals surface area contributed by atoms with Gasteiger partial charge in [-0.25, -0.2) is 4.98 Å². The topological polar surface area (TPSA) is 59.8 Å².